The van der Waals surface area contributed by atoms with E-state index < -0.39 is 18.2 Å². The molecule has 0 unspecified atom stereocenters. The summed E-state index contributed by atoms with van der Waals surface area (Å²) in [5.74, 6) is 0.404. The van der Waals surface area contributed by atoms with Crippen molar-refractivity contribution in [3.63, 3.8) is 0 Å². The zero-order chi connectivity index (χ0) is 22.3. The van der Waals surface area contributed by atoms with E-state index in [-0.39, 0.29) is 31.8 Å². The SMILES string of the molecule is CCOC(=O)CCN(SN(C)C(=O)Oc1cccc2c1OC(C)(C)C2)C(=O)OCC. The molecular formula is C20H28N2O7S. The molecule has 10 heteroatoms. The van der Waals surface area contributed by atoms with E-state index in [4.69, 9.17) is 18.9 Å². The number of benzene rings is 1. The van der Waals surface area contributed by atoms with Crippen LogP contribution in [0.1, 0.15) is 39.7 Å². The Kier molecular flexibility index (Phi) is 8.22. The van der Waals surface area contributed by atoms with Gasteiger partial charge in [-0.2, -0.15) is 0 Å². The lowest BCUT2D eigenvalue weighted by molar-refractivity contribution is -0.143. The van der Waals surface area contributed by atoms with Crippen LogP contribution in [0.15, 0.2) is 18.2 Å². The Morgan fingerprint density at radius 3 is 2.50 bits per heavy atom. The van der Waals surface area contributed by atoms with Crippen LogP contribution in [0.5, 0.6) is 11.5 Å². The van der Waals surface area contributed by atoms with E-state index >= 15 is 0 Å². The molecule has 0 N–H and O–H groups in total. The highest BCUT2D eigenvalue weighted by Gasteiger charge is 2.33. The molecule has 2 rings (SSSR count). The van der Waals surface area contributed by atoms with Crippen molar-refractivity contribution >= 4 is 30.3 Å². The van der Waals surface area contributed by atoms with E-state index in [1.54, 1.807) is 26.0 Å². The van der Waals surface area contributed by atoms with Crippen LogP contribution in [0, 0.1) is 0 Å². The van der Waals surface area contributed by atoms with E-state index in [9.17, 15) is 14.4 Å². The monoisotopic (exact) mass is 440 g/mol. The molecule has 166 valence electrons. The average molecular weight is 441 g/mol. The zero-order valence-electron chi connectivity index (χ0n) is 17.9. The first-order valence-corrected chi connectivity index (χ1v) is 10.4. The zero-order valence-corrected chi connectivity index (χ0v) is 18.7. The molecule has 2 amide bonds. The van der Waals surface area contributed by atoms with Crippen LogP contribution in [-0.2, 0) is 20.7 Å². The van der Waals surface area contributed by atoms with Crippen LogP contribution in [0.25, 0.3) is 0 Å². The number of carbonyl (C=O) groups excluding carboxylic acids is 3. The van der Waals surface area contributed by atoms with Gasteiger partial charge in [-0.15, -0.1) is 0 Å². The molecule has 1 aromatic rings. The number of esters is 1. The number of hydrogen-bond acceptors (Lipinski definition) is 8. The predicted molar refractivity (Wildman–Crippen MR) is 111 cm³/mol. The summed E-state index contributed by atoms with van der Waals surface area (Å²) in [6.45, 7) is 7.71. The van der Waals surface area contributed by atoms with Crippen LogP contribution >= 0.6 is 12.1 Å². The second-order valence-corrected chi connectivity index (χ2v) is 8.24. The molecule has 9 nitrogen and oxygen atoms in total. The molecule has 0 bridgehead atoms. The molecular weight excluding hydrogens is 412 g/mol. The third-order valence-electron chi connectivity index (χ3n) is 4.03. The minimum absolute atomic E-state index is 0.0119. The molecule has 0 aromatic heterocycles. The van der Waals surface area contributed by atoms with Gasteiger partial charge < -0.3 is 18.9 Å². The summed E-state index contributed by atoms with van der Waals surface area (Å²) >= 11 is 0.782. The van der Waals surface area contributed by atoms with Gasteiger partial charge in [0.25, 0.3) is 0 Å². The highest BCUT2D eigenvalue weighted by Crippen LogP contribution is 2.42. The van der Waals surface area contributed by atoms with Crippen molar-refractivity contribution in [1.82, 2.24) is 8.61 Å². The molecule has 1 aliphatic rings. The first-order valence-electron chi connectivity index (χ1n) is 9.71. The number of nitrogens with zero attached hydrogens (tertiary/aromatic N) is 2. The molecule has 0 radical (unpaired) electrons. The quantitative estimate of drug-likeness (QED) is 0.445. The lowest BCUT2D eigenvalue weighted by atomic mass is 10.0. The van der Waals surface area contributed by atoms with Crippen molar-refractivity contribution in [2.45, 2.75) is 46.1 Å². The summed E-state index contributed by atoms with van der Waals surface area (Å²) in [6.07, 6.45) is -0.690. The number of rotatable bonds is 8. The highest BCUT2D eigenvalue weighted by molar-refractivity contribution is 7.95. The number of hydrogen-bond donors (Lipinski definition) is 0. The van der Waals surface area contributed by atoms with E-state index in [2.05, 4.69) is 0 Å². The van der Waals surface area contributed by atoms with Gasteiger partial charge in [-0.05, 0) is 33.8 Å². The number of carbonyl (C=O) groups is 3. The maximum absolute atomic E-state index is 12.6. The van der Waals surface area contributed by atoms with Crippen molar-refractivity contribution in [2.24, 2.45) is 0 Å². The minimum atomic E-state index is -0.702. The lowest BCUT2D eigenvalue weighted by Gasteiger charge is -2.24. The van der Waals surface area contributed by atoms with Crippen LogP contribution in [0.2, 0.25) is 0 Å². The van der Waals surface area contributed by atoms with Crippen molar-refractivity contribution in [3.05, 3.63) is 23.8 Å². The summed E-state index contributed by atoms with van der Waals surface area (Å²) in [7, 11) is 1.46. The third kappa shape index (κ3) is 6.45. The molecule has 0 aliphatic carbocycles. The van der Waals surface area contributed by atoms with Crippen LogP contribution in [0.3, 0.4) is 0 Å². The molecule has 0 atom stereocenters. The Bertz CT molecular complexity index is 784. The molecule has 0 fully saturated rings. The van der Waals surface area contributed by atoms with Gasteiger partial charge in [0.2, 0.25) is 0 Å². The normalized spacial score (nSPS) is 13.6. The fourth-order valence-corrected chi connectivity index (χ4v) is 3.49. The van der Waals surface area contributed by atoms with Crippen molar-refractivity contribution < 1.29 is 33.3 Å². The smallest absolute Gasteiger partial charge is 0.426 e. The molecule has 1 heterocycles. The fourth-order valence-electron chi connectivity index (χ4n) is 2.79. The van der Waals surface area contributed by atoms with Gasteiger partial charge in [0.15, 0.2) is 11.5 Å². The number of ether oxygens (including phenoxy) is 4. The highest BCUT2D eigenvalue weighted by atomic mass is 32.2. The number of fused-ring (bicyclic) bond motifs is 1. The van der Waals surface area contributed by atoms with Crippen LogP contribution in [-0.4, -0.2) is 59.2 Å². The van der Waals surface area contributed by atoms with Crippen molar-refractivity contribution in [3.8, 4) is 11.5 Å². The molecule has 1 aliphatic heterocycles. The minimum Gasteiger partial charge on any atom is -0.483 e. The molecule has 0 spiro atoms. The maximum Gasteiger partial charge on any atom is 0.426 e. The van der Waals surface area contributed by atoms with Gasteiger partial charge in [-0.1, -0.05) is 12.1 Å². The van der Waals surface area contributed by atoms with Gasteiger partial charge >= 0.3 is 18.2 Å². The Morgan fingerprint density at radius 1 is 1.13 bits per heavy atom. The number of para-hydroxylation sites is 1. The third-order valence-corrected chi connectivity index (χ3v) is 4.95. The van der Waals surface area contributed by atoms with Crippen LogP contribution < -0.4 is 9.47 Å². The van der Waals surface area contributed by atoms with E-state index in [0.29, 0.717) is 17.9 Å². The van der Waals surface area contributed by atoms with Gasteiger partial charge in [0, 0.05) is 25.6 Å². The second-order valence-electron chi connectivity index (χ2n) is 7.09. The molecule has 1 aromatic carbocycles. The van der Waals surface area contributed by atoms with E-state index in [1.165, 1.54) is 7.05 Å². The average Bonchev–Trinajstić information content (AvgIpc) is 3.00. The Morgan fingerprint density at radius 2 is 1.83 bits per heavy atom. The van der Waals surface area contributed by atoms with E-state index in [0.717, 1.165) is 26.3 Å². The Balaban J connectivity index is 2.02. The Hall–Kier alpha value is -2.62. The largest absolute Gasteiger partial charge is 0.483 e. The van der Waals surface area contributed by atoms with Crippen LogP contribution in [0.4, 0.5) is 9.59 Å². The molecule has 0 saturated heterocycles. The van der Waals surface area contributed by atoms with Gasteiger partial charge in [-0.3, -0.25) is 4.79 Å². The van der Waals surface area contributed by atoms with Crippen molar-refractivity contribution in [1.29, 1.82) is 0 Å². The van der Waals surface area contributed by atoms with Crippen molar-refractivity contribution in [2.75, 3.05) is 26.8 Å². The lowest BCUT2D eigenvalue weighted by Crippen LogP contribution is -2.34. The first-order chi connectivity index (χ1) is 14.2. The summed E-state index contributed by atoms with van der Waals surface area (Å²) in [5.41, 5.74) is 0.586. The summed E-state index contributed by atoms with van der Waals surface area (Å²) in [6, 6.07) is 5.38. The Labute approximate surface area is 180 Å². The topological polar surface area (TPSA) is 94.6 Å². The predicted octanol–water partition coefficient (Wildman–Crippen LogP) is 3.81. The first kappa shape index (κ1) is 23.7. The van der Waals surface area contributed by atoms with Gasteiger partial charge in [-0.25, -0.2) is 18.2 Å². The second kappa shape index (κ2) is 10.4. The maximum atomic E-state index is 12.6. The van der Waals surface area contributed by atoms with Gasteiger partial charge in [0.05, 0.1) is 31.8 Å². The standard InChI is InChI=1S/C20H28N2O7S/c1-6-26-16(23)11-12-22(19(25)27-7-2)30-21(5)18(24)28-15-10-8-9-14-13-20(3,4)29-17(14)15/h8-10H,6-7,11-13H2,1-5H3. The van der Waals surface area contributed by atoms with E-state index in [1.807, 2.05) is 19.9 Å². The molecule has 0 saturated carbocycles. The number of amides is 2. The summed E-state index contributed by atoms with van der Waals surface area (Å²) in [4.78, 5) is 36.4. The summed E-state index contributed by atoms with van der Waals surface area (Å²) < 4.78 is 23.6. The molecule has 30 heavy (non-hydrogen) atoms. The summed E-state index contributed by atoms with van der Waals surface area (Å²) in [5, 5.41) is 0. The van der Waals surface area contributed by atoms with Gasteiger partial charge in [0.1, 0.15) is 5.60 Å². The fraction of sp³-hybridized carbons (Fsp3) is 0.550.